The van der Waals surface area contributed by atoms with E-state index in [1.807, 2.05) is 0 Å². The minimum absolute atomic E-state index is 0.876. The van der Waals surface area contributed by atoms with Gasteiger partial charge < -0.3 is 4.74 Å². The minimum Gasteiger partial charge on any atom is -0.381 e. The first-order chi connectivity index (χ1) is 8.97. The van der Waals surface area contributed by atoms with Crippen LogP contribution in [0.15, 0.2) is 0 Å². The lowest BCUT2D eigenvalue weighted by atomic mass is 9.82. The van der Waals surface area contributed by atoms with Crippen LogP contribution < -0.4 is 0 Å². The van der Waals surface area contributed by atoms with Crippen LogP contribution in [0.1, 0.15) is 83.5 Å². The SMILES string of the molecule is C1CCCCC(C2CCCCCCOC2)CCC1. The maximum Gasteiger partial charge on any atom is 0.0496 e. The summed E-state index contributed by atoms with van der Waals surface area (Å²) < 4.78 is 5.92. The predicted octanol–water partition coefficient (Wildman–Crippen LogP) is 5.33. The highest BCUT2D eigenvalue weighted by molar-refractivity contribution is 4.73. The van der Waals surface area contributed by atoms with Crippen LogP contribution in [0.4, 0.5) is 0 Å². The molecule has 1 heterocycles. The fourth-order valence-corrected chi connectivity index (χ4v) is 3.79. The molecule has 1 unspecified atom stereocenters. The highest BCUT2D eigenvalue weighted by atomic mass is 16.5. The van der Waals surface area contributed by atoms with Crippen LogP contribution in [-0.4, -0.2) is 13.2 Å². The summed E-state index contributed by atoms with van der Waals surface area (Å²) in [6, 6.07) is 0. The molecule has 1 nitrogen and oxygen atoms in total. The smallest absolute Gasteiger partial charge is 0.0496 e. The van der Waals surface area contributed by atoms with Crippen molar-refractivity contribution < 1.29 is 4.74 Å². The van der Waals surface area contributed by atoms with Crippen LogP contribution in [0, 0.1) is 11.8 Å². The third-order valence-corrected chi connectivity index (χ3v) is 5.01. The van der Waals surface area contributed by atoms with Crippen molar-refractivity contribution in [2.75, 3.05) is 13.2 Å². The fourth-order valence-electron chi connectivity index (χ4n) is 3.79. The Morgan fingerprint density at radius 3 is 1.67 bits per heavy atom. The molecule has 1 heteroatoms. The van der Waals surface area contributed by atoms with E-state index < -0.39 is 0 Å². The Morgan fingerprint density at radius 1 is 0.500 bits per heavy atom. The molecule has 0 aromatic carbocycles. The van der Waals surface area contributed by atoms with Gasteiger partial charge in [0.2, 0.25) is 0 Å². The summed E-state index contributed by atoms with van der Waals surface area (Å²) in [5.74, 6) is 1.85. The van der Waals surface area contributed by atoms with E-state index in [1.165, 1.54) is 83.5 Å². The molecule has 0 aromatic heterocycles. The first kappa shape index (κ1) is 14.4. The van der Waals surface area contributed by atoms with Crippen molar-refractivity contribution in [3.05, 3.63) is 0 Å². The van der Waals surface area contributed by atoms with Crippen molar-refractivity contribution in [3.63, 3.8) is 0 Å². The van der Waals surface area contributed by atoms with E-state index in [4.69, 9.17) is 4.74 Å². The third kappa shape index (κ3) is 5.30. The summed E-state index contributed by atoms with van der Waals surface area (Å²) in [7, 11) is 0. The fraction of sp³-hybridized carbons (Fsp3) is 1.00. The molecule has 1 aliphatic heterocycles. The molecule has 1 aliphatic carbocycles. The van der Waals surface area contributed by atoms with Gasteiger partial charge in [-0.05, 0) is 24.7 Å². The van der Waals surface area contributed by atoms with Gasteiger partial charge in [-0.15, -0.1) is 0 Å². The van der Waals surface area contributed by atoms with E-state index in [2.05, 4.69) is 0 Å². The van der Waals surface area contributed by atoms with E-state index in [9.17, 15) is 0 Å². The van der Waals surface area contributed by atoms with Crippen LogP contribution >= 0.6 is 0 Å². The quantitative estimate of drug-likeness (QED) is 0.612. The molecular formula is C17H32O. The van der Waals surface area contributed by atoms with Crippen LogP contribution in [0.3, 0.4) is 0 Å². The summed E-state index contributed by atoms with van der Waals surface area (Å²) >= 11 is 0. The number of ether oxygens (including phenoxy) is 1. The second-order valence-corrected chi connectivity index (χ2v) is 6.50. The highest BCUT2D eigenvalue weighted by Crippen LogP contribution is 2.31. The maximum absolute atomic E-state index is 5.92. The van der Waals surface area contributed by atoms with Gasteiger partial charge in [-0.25, -0.2) is 0 Å². The lowest BCUT2D eigenvalue weighted by molar-refractivity contribution is 0.0698. The topological polar surface area (TPSA) is 9.23 Å². The summed E-state index contributed by atoms with van der Waals surface area (Å²) in [4.78, 5) is 0. The lowest BCUT2D eigenvalue weighted by Crippen LogP contribution is -2.20. The van der Waals surface area contributed by atoms with Gasteiger partial charge in [-0.2, -0.15) is 0 Å². The van der Waals surface area contributed by atoms with E-state index in [-0.39, 0.29) is 0 Å². The molecule has 0 aromatic rings. The Hall–Kier alpha value is -0.0400. The first-order valence-corrected chi connectivity index (χ1v) is 8.54. The van der Waals surface area contributed by atoms with Crippen molar-refractivity contribution in [1.82, 2.24) is 0 Å². The molecule has 2 aliphatic rings. The molecule has 0 spiro atoms. The van der Waals surface area contributed by atoms with Crippen LogP contribution in [0.2, 0.25) is 0 Å². The summed E-state index contributed by atoms with van der Waals surface area (Å²) in [5.41, 5.74) is 0. The predicted molar refractivity (Wildman–Crippen MR) is 77.8 cm³/mol. The van der Waals surface area contributed by atoms with E-state index >= 15 is 0 Å². The zero-order chi connectivity index (χ0) is 12.5. The molecule has 0 amide bonds. The van der Waals surface area contributed by atoms with Gasteiger partial charge in [0, 0.05) is 13.2 Å². The molecule has 18 heavy (non-hydrogen) atoms. The van der Waals surface area contributed by atoms with E-state index in [0.29, 0.717) is 0 Å². The van der Waals surface area contributed by atoms with Crippen molar-refractivity contribution in [3.8, 4) is 0 Å². The van der Waals surface area contributed by atoms with Crippen molar-refractivity contribution in [2.24, 2.45) is 11.8 Å². The molecule has 2 rings (SSSR count). The molecule has 1 atom stereocenters. The van der Waals surface area contributed by atoms with Gasteiger partial charge in [-0.3, -0.25) is 0 Å². The van der Waals surface area contributed by atoms with Gasteiger partial charge in [0.1, 0.15) is 0 Å². The molecule has 1 saturated heterocycles. The van der Waals surface area contributed by atoms with Crippen LogP contribution in [0.25, 0.3) is 0 Å². The second-order valence-electron chi connectivity index (χ2n) is 6.50. The van der Waals surface area contributed by atoms with Gasteiger partial charge in [0.25, 0.3) is 0 Å². The maximum atomic E-state index is 5.92. The second kappa shape index (κ2) is 8.96. The standard InChI is InChI=1S/C17H32O/c1-2-4-8-12-16(11-7-3-1)17-13-9-5-6-10-14-18-15-17/h16-17H,1-15H2. The lowest BCUT2D eigenvalue weighted by Gasteiger charge is -2.26. The van der Waals surface area contributed by atoms with E-state index in [1.54, 1.807) is 0 Å². The number of hydrogen-bond donors (Lipinski definition) is 0. The first-order valence-electron chi connectivity index (χ1n) is 8.54. The molecule has 0 radical (unpaired) electrons. The molecular weight excluding hydrogens is 220 g/mol. The zero-order valence-electron chi connectivity index (χ0n) is 12.2. The van der Waals surface area contributed by atoms with Crippen molar-refractivity contribution in [1.29, 1.82) is 0 Å². The zero-order valence-corrected chi connectivity index (χ0v) is 12.2. The molecule has 106 valence electrons. The summed E-state index contributed by atoms with van der Waals surface area (Å²) in [5, 5.41) is 0. The average Bonchev–Trinajstić information content (AvgIpc) is 2.61. The summed E-state index contributed by atoms with van der Waals surface area (Å²) in [6.45, 7) is 2.08. The number of hydrogen-bond acceptors (Lipinski definition) is 1. The van der Waals surface area contributed by atoms with Gasteiger partial charge in [-0.1, -0.05) is 70.6 Å². The largest absolute Gasteiger partial charge is 0.381 e. The normalized spacial score (nSPS) is 30.3. The third-order valence-electron chi connectivity index (χ3n) is 5.01. The van der Waals surface area contributed by atoms with Gasteiger partial charge in [0.05, 0.1) is 0 Å². The molecule has 0 bridgehead atoms. The van der Waals surface area contributed by atoms with Crippen molar-refractivity contribution in [2.45, 2.75) is 83.5 Å². The monoisotopic (exact) mass is 252 g/mol. The summed E-state index contributed by atoms with van der Waals surface area (Å²) in [6.07, 6.45) is 18.8. The van der Waals surface area contributed by atoms with Crippen LogP contribution in [0.5, 0.6) is 0 Å². The molecule has 0 N–H and O–H groups in total. The average molecular weight is 252 g/mol. The van der Waals surface area contributed by atoms with Gasteiger partial charge >= 0.3 is 0 Å². The van der Waals surface area contributed by atoms with Crippen molar-refractivity contribution >= 4 is 0 Å². The Labute approximate surface area is 114 Å². The highest BCUT2D eigenvalue weighted by Gasteiger charge is 2.22. The Bertz CT molecular complexity index is 160. The Balaban J connectivity index is 1.83. The van der Waals surface area contributed by atoms with E-state index in [0.717, 1.165) is 25.0 Å². The number of rotatable bonds is 1. The Kier molecular flexibility index (Phi) is 7.15. The van der Waals surface area contributed by atoms with Crippen LogP contribution in [-0.2, 0) is 4.74 Å². The molecule has 2 fully saturated rings. The molecule has 1 saturated carbocycles. The minimum atomic E-state index is 0.876. The van der Waals surface area contributed by atoms with Gasteiger partial charge in [0.15, 0.2) is 0 Å². The Morgan fingerprint density at radius 2 is 1.00 bits per heavy atom.